The molecular weight excluding hydrogens is 334 g/mol. The van der Waals surface area contributed by atoms with Crippen molar-refractivity contribution in [1.29, 1.82) is 0 Å². The number of nitrogens with zero attached hydrogens (tertiary/aromatic N) is 2. The van der Waals surface area contributed by atoms with Gasteiger partial charge in [0.15, 0.2) is 5.69 Å². The zero-order valence-corrected chi connectivity index (χ0v) is 15.6. The van der Waals surface area contributed by atoms with E-state index >= 15 is 0 Å². The highest BCUT2D eigenvalue weighted by Crippen LogP contribution is 2.40. The Kier molecular flexibility index (Phi) is 5.96. The molecule has 1 aromatic heterocycles. The van der Waals surface area contributed by atoms with Gasteiger partial charge in [-0.3, -0.25) is 9.59 Å². The summed E-state index contributed by atoms with van der Waals surface area (Å²) in [4.78, 5) is 26.6. The second kappa shape index (κ2) is 8.20. The van der Waals surface area contributed by atoms with Crippen molar-refractivity contribution in [2.24, 2.45) is 0 Å². The van der Waals surface area contributed by atoms with Crippen molar-refractivity contribution in [3.8, 4) is 0 Å². The predicted molar refractivity (Wildman–Crippen MR) is 95.7 cm³/mol. The van der Waals surface area contributed by atoms with Crippen LogP contribution in [0.2, 0.25) is 0 Å². The molecule has 2 amide bonds. The van der Waals surface area contributed by atoms with Gasteiger partial charge in [0.25, 0.3) is 5.91 Å². The fourth-order valence-corrected chi connectivity index (χ4v) is 3.64. The summed E-state index contributed by atoms with van der Waals surface area (Å²) in [6.45, 7) is 4.58. The minimum Gasteiger partial charge on any atom is -0.393 e. The molecule has 3 atom stereocenters. The first-order valence-corrected chi connectivity index (χ1v) is 9.73. The second-order valence-corrected chi connectivity index (χ2v) is 7.67. The molecule has 1 saturated carbocycles. The van der Waals surface area contributed by atoms with Crippen molar-refractivity contribution in [1.82, 2.24) is 15.4 Å². The third-order valence-corrected chi connectivity index (χ3v) is 5.30. The first kappa shape index (κ1) is 18.9. The number of piperidine rings is 1. The van der Waals surface area contributed by atoms with E-state index in [2.05, 4.69) is 10.5 Å². The second-order valence-electron chi connectivity index (χ2n) is 7.67. The van der Waals surface area contributed by atoms with E-state index in [1.807, 2.05) is 18.7 Å². The molecule has 2 fully saturated rings. The van der Waals surface area contributed by atoms with Gasteiger partial charge in [0.1, 0.15) is 5.76 Å². The molecule has 3 rings (SSSR count). The van der Waals surface area contributed by atoms with E-state index < -0.39 is 6.10 Å². The van der Waals surface area contributed by atoms with Crippen molar-refractivity contribution in [3.05, 3.63) is 17.5 Å². The molecule has 1 aromatic rings. The quantitative estimate of drug-likeness (QED) is 0.774. The van der Waals surface area contributed by atoms with E-state index in [0.717, 1.165) is 25.0 Å². The Morgan fingerprint density at radius 1 is 1.42 bits per heavy atom. The molecule has 1 aliphatic heterocycles. The monoisotopic (exact) mass is 363 g/mol. The summed E-state index contributed by atoms with van der Waals surface area (Å²) < 4.78 is 5.24. The van der Waals surface area contributed by atoms with Crippen LogP contribution in [0.25, 0.3) is 0 Å². The topological polar surface area (TPSA) is 95.7 Å². The fourth-order valence-electron chi connectivity index (χ4n) is 3.64. The maximum Gasteiger partial charge on any atom is 0.273 e. The van der Waals surface area contributed by atoms with Gasteiger partial charge in [-0.25, -0.2) is 0 Å². The molecule has 0 spiro atoms. The summed E-state index contributed by atoms with van der Waals surface area (Å²) in [5.74, 6) is 1.01. The maximum atomic E-state index is 12.4. The minimum absolute atomic E-state index is 0.00574. The van der Waals surface area contributed by atoms with E-state index in [-0.39, 0.29) is 30.3 Å². The number of hydrogen-bond acceptors (Lipinski definition) is 5. The smallest absolute Gasteiger partial charge is 0.273 e. The summed E-state index contributed by atoms with van der Waals surface area (Å²) >= 11 is 0. The van der Waals surface area contributed by atoms with Gasteiger partial charge in [0.2, 0.25) is 5.91 Å². The van der Waals surface area contributed by atoms with Crippen LogP contribution in [0.5, 0.6) is 0 Å². The fraction of sp³-hybridized carbons (Fsp3) is 0.737. The highest BCUT2D eigenvalue weighted by atomic mass is 16.5. The molecule has 7 heteroatoms. The Bertz CT molecular complexity index is 640. The number of aromatic nitrogens is 1. The number of amides is 2. The van der Waals surface area contributed by atoms with Crippen LogP contribution in [0.3, 0.4) is 0 Å². The van der Waals surface area contributed by atoms with Crippen molar-refractivity contribution in [2.75, 3.05) is 6.54 Å². The van der Waals surface area contributed by atoms with Gasteiger partial charge in [0, 0.05) is 30.6 Å². The third kappa shape index (κ3) is 4.63. The van der Waals surface area contributed by atoms with Gasteiger partial charge in [-0.1, -0.05) is 18.5 Å². The zero-order chi connectivity index (χ0) is 18.7. The van der Waals surface area contributed by atoms with Crippen LogP contribution in [0, 0.1) is 0 Å². The van der Waals surface area contributed by atoms with Crippen LogP contribution >= 0.6 is 0 Å². The van der Waals surface area contributed by atoms with E-state index in [0.29, 0.717) is 37.4 Å². The average molecular weight is 363 g/mol. The molecule has 1 saturated heterocycles. The zero-order valence-electron chi connectivity index (χ0n) is 15.6. The van der Waals surface area contributed by atoms with Crippen molar-refractivity contribution in [2.45, 2.75) is 82.9 Å². The average Bonchev–Trinajstić information content (AvgIpc) is 3.31. The minimum atomic E-state index is -0.565. The summed E-state index contributed by atoms with van der Waals surface area (Å²) in [5, 5.41) is 16.7. The number of aliphatic hydroxyl groups excluding tert-OH is 1. The molecular formula is C19H29N3O4. The summed E-state index contributed by atoms with van der Waals surface area (Å²) in [6.07, 6.45) is 4.74. The largest absolute Gasteiger partial charge is 0.393 e. The van der Waals surface area contributed by atoms with Gasteiger partial charge >= 0.3 is 0 Å². The number of carbonyl (C=O) groups is 2. The van der Waals surface area contributed by atoms with Gasteiger partial charge < -0.3 is 19.8 Å². The molecule has 2 heterocycles. The van der Waals surface area contributed by atoms with Gasteiger partial charge in [0.05, 0.1) is 12.5 Å². The number of carbonyl (C=O) groups excluding carboxylic acids is 2. The van der Waals surface area contributed by atoms with Crippen LogP contribution in [0.4, 0.5) is 0 Å². The number of rotatable bonds is 7. The first-order valence-electron chi connectivity index (χ1n) is 9.73. The normalized spacial score (nSPS) is 24.3. The highest BCUT2D eigenvalue weighted by Gasteiger charge is 2.32. The lowest BCUT2D eigenvalue weighted by atomic mass is 9.97. The molecule has 1 unspecified atom stereocenters. The Morgan fingerprint density at radius 2 is 2.19 bits per heavy atom. The Hall–Kier alpha value is -1.89. The van der Waals surface area contributed by atoms with Crippen molar-refractivity contribution < 1.29 is 19.2 Å². The first-order chi connectivity index (χ1) is 12.5. The van der Waals surface area contributed by atoms with E-state index in [1.165, 1.54) is 0 Å². The summed E-state index contributed by atoms with van der Waals surface area (Å²) in [6, 6.07) is 1.79. The molecule has 26 heavy (non-hydrogen) atoms. The molecule has 144 valence electrons. The molecule has 0 aromatic carbocycles. The van der Waals surface area contributed by atoms with Crippen LogP contribution < -0.4 is 5.32 Å². The van der Waals surface area contributed by atoms with E-state index in [1.54, 1.807) is 6.07 Å². The predicted octanol–water partition coefficient (Wildman–Crippen LogP) is 2.21. The number of aliphatic hydroxyl groups is 1. The standard InChI is InChI=1S/C19H29N3O4/c1-3-4-15(23)10-18(24)22-8-7-14(9-12(22)2)20-19(25)16-11-17(26-21-16)13-5-6-13/h11-15,23H,3-10H2,1-2H3,(H,20,25)/t12-,14?,15+/m0/s1. The van der Waals surface area contributed by atoms with Gasteiger partial charge in [-0.2, -0.15) is 0 Å². The molecule has 2 aliphatic rings. The number of likely N-dealkylation sites (tertiary alicyclic amines) is 1. The number of hydrogen-bond donors (Lipinski definition) is 2. The molecule has 7 nitrogen and oxygen atoms in total. The summed E-state index contributed by atoms with van der Waals surface area (Å²) in [7, 11) is 0. The Labute approximate surface area is 154 Å². The molecule has 0 radical (unpaired) electrons. The lowest BCUT2D eigenvalue weighted by Gasteiger charge is -2.38. The number of nitrogens with one attached hydrogen (secondary N) is 1. The van der Waals surface area contributed by atoms with Crippen LogP contribution in [-0.2, 0) is 4.79 Å². The van der Waals surface area contributed by atoms with Crippen molar-refractivity contribution in [3.63, 3.8) is 0 Å². The van der Waals surface area contributed by atoms with Crippen molar-refractivity contribution >= 4 is 11.8 Å². The van der Waals surface area contributed by atoms with Gasteiger partial charge in [-0.05, 0) is 39.0 Å². The summed E-state index contributed by atoms with van der Waals surface area (Å²) in [5.41, 5.74) is 0.334. The molecule has 2 N–H and O–H groups in total. The third-order valence-electron chi connectivity index (χ3n) is 5.30. The maximum absolute atomic E-state index is 12.4. The SMILES string of the molecule is CCC[C@@H](O)CC(=O)N1CCC(NC(=O)c2cc(C3CC3)on2)C[C@@H]1C. The van der Waals surface area contributed by atoms with E-state index in [9.17, 15) is 14.7 Å². The molecule has 0 bridgehead atoms. The molecule has 1 aliphatic carbocycles. The Morgan fingerprint density at radius 3 is 2.85 bits per heavy atom. The highest BCUT2D eigenvalue weighted by molar-refractivity contribution is 5.92. The van der Waals surface area contributed by atoms with Crippen LogP contribution in [0.1, 0.15) is 81.0 Å². The Balaban J connectivity index is 1.48. The lowest BCUT2D eigenvalue weighted by Crippen LogP contribution is -2.51. The van der Waals surface area contributed by atoms with Gasteiger partial charge in [-0.15, -0.1) is 0 Å². The van der Waals surface area contributed by atoms with E-state index in [4.69, 9.17) is 4.52 Å². The lowest BCUT2D eigenvalue weighted by molar-refractivity contribution is -0.136. The van der Waals surface area contributed by atoms with Crippen LogP contribution in [0.15, 0.2) is 10.6 Å². The van der Waals surface area contributed by atoms with Crippen LogP contribution in [-0.4, -0.2) is 51.7 Å².